The quantitative estimate of drug-likeness (QED) is 0.615. The maximum atomic E-state index is 12.0. The van der Waals surface area contributed by atoms with Gasteiger partial charge in [-0.2, -0.15) is 0 Å². The number of rotatable bonds is 4. The van der Waals surface area contributed by atoms with E-state index in [1.807, 2.05) is 26.0 Å². The van der Waals surface area contributed by atoms with Crippen LogP contribution in [0.3, 0.4) is 0 Å². The number of benzene rings is 1. The minimum atomic E-state index is 0.144. The zero-order valence-corrected chi connectivity index (χ0v) is 12.6. The summed E-state index contributed by atoms with van der Waals surface area (Å²) < 4.78 is 6.08. The zero-order valence-electron chi connectivity index (χ0n) is 9.67. The zero-order chi connectivity index (χ0) is 12.1. The number of carbonyl (C=O) groups is 1. The normalized spacial score (nSPS) is 10.5. The molecule has 0 N–H and O–H groups in total. The van der Waals surface area contributed by atoms with E-state index < -0.39 is 0 Å². The maximum Gasteiger partial charge on any atom is 0.220 e. The van der Waals surface area contributed by atoms with Crippen LogP contribution in [0, 0.1) is 17.4 Å². The van der Waals surface area contributed by atoms with Crippen molar-refractivity contribution in [3.8, 4) is 0 Å². The SMILES string of the molecule is COCCSC(=O)c1c(C)ccc(I)c1C. The number of hydrogen-bond donors (Lipinski definition) is 0. The highest BCUT2D eigenvalue weighted by atomic mass is 127. The summed E-state index contributed by atoms with van der Waals surface area (Å²) >= 11 is 3.58. The van der Waals surface area contributed by atoms with Gasteiger partial charge in [0.1, 0.15) is 0 Å². The second kappa shape index (κ2) is 6.61. The Hall–Kier alpha value is -0.0700. The van der Waals surface area contributed by atoms with Crippen LogP contribution in [0.2, 0.25) is 0 Å². The smallest absolute Gasteiger partial charge is 0.220 e. The van der Waals surface area contributed by atoms with E-state index in [1.54, 1.807) is 7.11 Å². The number of aryl methyl sites for hydroxylation is 1. The second-order valence-electron chi connectivity index (χ2n) is 3.49. The van der Waals surface area contributed by atoms with Gasteiger partial charge in [-0.25, -0.2) is 0 Å². The molecule has 0 atom stereocenters. The fourth-order valence-corrected chi connectivity index (χ4v) is 2.77. The van der Waals surface area contributed by atoms with Crippen LogP contribution in [0.25, 0.3) is 0 Å². The summed E-state index contributed by atoms with van der Waals surface area (Å²) in [4.78, 5) is 12.0. The van der Waals surface area contributed by atoms with E-state index in [1.165, 1.54) is 11.8 Å². The van der Waals surface area contributed by atoms with Gasteiger partial charge in [-0.3, -0.25) is 4.79 Å². The second-order valence-corrected chi connectivity index (χ2v) is 5.72. The number of thioether (sulfide) groups is 1. The van der Waals surface area contributed by atoms with Crippen LogP contribution in [0.15, 0.2) is 12.1 Å². The van der Waals surface area contributed by atoms with Crippen molar-refractivity contribution in [1.29, 1.82) is 0 Å². The van der Waals surface area contributed by atoms with Crippen LogP contribution >= 0.6 is 34.4 Å². The molecule has 4 heteroatoms. The Labute approximate surface area is 114 Å². The van der Waals surface area contributed by atoms with Crippen molar-refractivity contribution in [1.82, 2.24) is 0 Å². The molecule has 0 aliphatic rings. The van der Waals surface area contributed by atoms with E-state index >= 15 is 0 Å². The topological polar surface area (TPSA) is 26.3 Å². The lowest BCUT2D eigenvalue weighted by Crippen LogP contribution is -2.04. The molecule has 0 bridgehead atoms. The number of ether oxygens (including phenoxy) is 1. The molecule has 2 nitrogen and oxygen atoms in total. The maximum absolute atomic E-state index is 12.0. The molecule has 0 spiro atoms. The summed E-state index contributed by atoms with van der Waals surface area (Å²) in [5, 5.41) is 0.144. The first-order valence-electron chi connectivity index (χ1n) is 4.99. The van der Waals surface area contributed by atoms with Gasteiger partial charge in [0.2, 0.25) is 5.12 Å². The Kier molecular flexibility index (Phi) is 5.78. The highest BCUT2D eigenvalue weighted by molar-refractivity contribution is 14.1. The van der Waals surface area contributed by atoms with Gasteiger partial charge in [-0.15, -0.1) is 0 Å². The van der Waals surface area contributed by atoms with Crippen molar-refractivity contribution >= 4 is 39.5 Å². The molecule has 0 radical (unpaired) electrons. The lowest BCUT2D eigenvalue weighted by atomic mass is 10.0. The van der Waals surface area contributed by atoms with Crippen molar-refractivity contribution in [2.24, 2.45) is 0 Å². The molecule has 0 unspecified atom stereocenters. The Morgan fingerprint density at radius 1 is 1.44 bits per heavy atom. The fraction of sp³-hybridized carbons (Fsp3) is 0.417. The molecule has 0 saturated carbocycles. The van der Waals surface area contributed by atoms with E-state index in [-0.39, 0.29) is 5.12 Å². The van der Waals surface area contributed by atoms with Gasteiger partial charge in [0.05, 0.1) is 6.61 Å². The highest BCUT2D eigenvalue weighted by Gasteiger charge is 2.14. The molecule has 0 aromatic heterocycles. The number of carbonyl (C=O) groups excluding carboxylic acids is 1. The average molecular weight is 350 g/mol. The summed E-state index contributed by atoms with van der Waals surface area (Å²) in [7, 11) is 1.65. The van der Waals surface area contributed by atoms with Crippen molar-refractivity contribution in [2.75, 3.05) is 19.5 Å². The van der Waals surface area contributed by atoms with Gasteiger partial charge in [-0.1, -0.05) is 17.8 Å². The molecule has 1 rings (SSSR count). The predicted molar refractivity (Wildman–Crippen MR) is 77.3 cm³/mol. The highest BCUT2D eigenvalue weighted by Crippen LogP contribution is 2.24. The van der Waals surface area contributed by atoms with Gasteiger partial charge in [0.15, 0.2) is 0 Å². The van der Waals surface area contributed by atoms with Crippen LogP contribution in [0.5, 0.6) is 0 Å². The van der Waals surface area contributed by atoms with Crippen LogP contribution in [-0.2, 0) is 4.74 Å². The molecule has 16 heavy (non-hydrogen) atoms. The number of methoxy groups -OCH3 is 1. The summed E-state index contributed by atoms with van der Waals surface area (Å²) in [6.45, 7) is 4.59. The number of hydrogen-bond acceptors (Lipinski definition) is 3. The lowest BCUT2D eigenvalue weighted by molar-refractivity contribution is 0.108. The molecule has 0 aliphatic heterocycles. The van der Waals surface area contributed by atoms with E-state index in [2.05, 4.69) is 22.6 Å². The minimum Gasteiger partial charge on any atom is -0.384 e. The fourth-order valence-electron chi connectivity index (χ4n) is 1.43. The first-order valence-corrected chi connectivity index (χ1v) is 7.06. The van der Waals surface area contributed by atoms with E-state index in [9.17, 15) is 4.79 Å². The van der Waals surface area contributed by atoms with Crippen molar-refractivity contribution in [3.63, 3.8) is 0 Å². The third kappa shape index (κ3) is 3.46. The van der Waals surface area contributed by atoms with Crippen LogP contribution in [0.4, 0.5) is 0 Å². The summed E-state index contributed by atoms with van der Waals surface area (Å²) in [6, 6.07) is 4.04. The molecule has 0 fully saturated rings. The van der Waals surface area contributed by atoms with Crippen LogP contribution in [-0.4, -0.2) is 24.6 Å². The molecule has 0 amide bonds. The first-order chi connectivity index (χ1) is 7.57. The van der Waals surface area contributed by atoms with E-state index in [0.29, 0.717) is 12.4 Å². The molecular formula is C12H15IO2S. The molecule has 0 heterocycles. The van der Waals surface area contributed by atoms with Crippen LogP contribution in [0.1, 0.15) is 21.5 Å². The monoisotopic (exact) mass is 350 g/mol. The van der Waals surface area contributed by atoms with Gasteiger partial charge >= 0.3 is 0 Å². The van der Waals surface area contributed by atoms with E-state index in [0.717, 1.165) is 20.3 Å². The number of halogens is 1. The standard InChI is InChI=1S/C12H15IO2S/c1-8-4-5-10(13)9(2)11(8)12(14)16-7-6-15-3/h4-5H,6-7H2,1-3H3. The van der Waals surface area contributed by atoms with Crippen molar-refractivity contribution in [2.45, 2.75) is 13.8 Å². The Balaban J connectivity index is 2.86. The molecule has 88 valence electrons. The van der Waals surface area contributed by atoms with Gasteiger partial charge in [0, 0.05) is 22.0 Å². The molecule has 1 aromatic carbocycles. The molecular weight excluding hydrogens is 335 g/mol. The molecule has 1 aromatic rings. The Bertz CT molecular complexity index is 391. The van der Waals surface area contributed by atoms with Gasteiger partial charge < -0.3 is 4.74 Å². The predicted octanol–water partition coefficient (Wildman–Crippen LogP) is 3.43. The van der Waals surface area contributed by atoms with Gasteiger partial charge in [0.25, 0.3) is 0 Å². The molecule has 0 saturated heterocycles. The Morgan fingerprint density at radius 2 is 2.12 bits per heavy atom. The third-order valence-corrected chi connectivity index (χ3v) is 4.34. The van der Waals surface area contributed by atoms with Gasteiger partial charge in [-0.05, 0) is 53.6 Å². The van der Waals surface area contributed by atoms with Crippen molar-refractivity contribution < 1.29 is 9.53 Å². The van der Waals surface area contributed by atoms with E-state index in [4.69, 9.17) is 4.74 Å². The minimum absolute atomic E-state index is 0.144. The average Bonchev–Trinajstić information content (AvgIpc) is 2.24. The summed E-state index contributed by atoms with van der Waals surface area (Å²) in [5.74, 6) is 0.708. The third-order valence-electron chi connectivity index (χ3n) is 2.33. The summed E-state index contributed by atoms with van der Waals surface area (Å²) in [5.41, 5.74) is 2.98. The largest absolute Gasteiger partial charge is 0.384 e. The lowest BCUT2D eigenvalue weighted by Gasteiger charge is -2.09. The van der Waals surface area contributed by atoms with Crippen molar-refractivity contribution in [3.05, 3.63) is 32.4 Å². The summed E-state index contributed by atoms with van der Waals surface area (Å²) in [6.07, 6.45) is 0. The Morgan fingerprint density at radius 3 is 2.75 bits per heavy atom. The first kappa shape index (κ1) is 14.0. The molecule has 0 aliphatic carbocycles. The van der Waals surface area contributed by atoms with Crippen LogP contribution < -0.4 is 0 Å².